The van der Waals surface area contributed by atoms with Crippen LogP contribution in [0.5, 0.6) is 0 Å². The van der Waals surface area contributed by atoms with Crippen LogP contribution in [0.25, 0.3) is 10.9 Å². The topological polar surface area (TPSA) is 64.0 Å². The average Bonchev–Trinajstić information content (AvgIpc) is 2.77. The van der Waals surface area contributed by atoms with Crippen molar-refractivity contribution in [1.29, 1.82) is 5.26 Å². The minimum absolute atomic E-state index is 0.112. The van der Waals surface area contributed by atoms with Gasteiger partial charge < -0.3 is 15.5 Å². The summed E-state index contributed by atoms with van der Waals surface area (Å²) in [5, 5.41) is 18.4. The summed E-state index contributed by atoms with van der Waals surface area (Å²) >= 11 is 0. The van der Waals surface area contributed by atoms with Gasteiger partial charge in [-0.25, -0.2) is 4.98 Å². The number of nitrogens with zero attached hydrogens (tertiary/aromatic N) is 3. The number of benzene rings is 2. The molecule has 1 aromatic heterocycles. The van der Waals surface area contributed by atoms with Crippen molar-refractivity contribution in [3.05, 3.63) is 65.2 Å². The van der Waals surface area contributed by atoms with E-state index in [-0.39, 0.29) is 5.54 Å². The summed E-state index contributed by atoms with van der Waals surface area (Å²) in [5.41, 5.74) is 5.09. The number of piperidine rings is 1. The number of aryl methyl sites for hydroxylation is 1. The van der Waals surface area contributed by atoms with Crippen molar-refractivity contribution >= 4 is 22.4 Å². The maximum Gasteiger partial charge on any atom is 0.147 e. The molecular weight excluding hydrogens is 394 g/mol. The smallest absolute Gasteiger partial charge is 0.147 e. The Hall–Kier alpha value is -3.10. The molecule has 0 atom stereocenters. The van der Waals surface area contributed by atoms with Gasteiger partial charge in [0, 0.05) is 36.6 Å². The molecule has 4 rings (SSSR count). The Bertz CT molecular complexity index is 1110. The van der Waals surface area contributed by atoms with Gasteiger partial charge in [0.05, 0.1) is 11.2 Å². The number of rotatable bonds is 5. The predicted molar refractivity (Wildman–Crippen MR) is 133 cm³/mol. The number of para-hydroxylation sites is 1. The van der Waals surface area contributed by atoms with Gasteiger partial charge in [-0.3, -0.25) is 0 Å². The summed E-state index contributed by atoms with van der Waals surface area (Å²) in [4.78, 5) is 7.20. The number of hydrogen-bond donors (Lipinski definition) is 2. The molecule has 2 heterocycles. The fraction of sp³-hybridized carbons (Fsp3) is 0.407. The molecule has 0 aliphatic carbocycles. The maximum absolute atomic E-state index is 10.2. The summed E-state index contributed by atoms with van der Waals surface area (Å²) in [7, 11) is 0. The normalized spacial score (nSPS) is 15.0. The minimum atomic E-state index is 0.112. The van der Waals surface area contributed by atoms with E-state index in [0.29, 0.717) is 24.0 Å². The molecule has 5 nitrogen and oxygen atoms in total. The van der Waals surface area contributed by atoms with E-state index >= 15 is 0 Å². The lowest BCUT2D eigenvalue weighted by Crippen LogP contribution is -2.49. The lowest BCUT2D eigenvalue weighted by Gasteiger charge is -2.38. The lowest BCUT2D eigenvalue weighted by molar-refractivity contribution is 0.317. The fourth-order valence-electron chi connectivity index (χ4n) is 4.51. The minimum Gasteiger partial charge on any atom is -0.370 e. The van der Waals surface area contributed by atoms with Crippen molar-refractivity contribution in [2.45, 2.75) is 58.7 Å². The van der Waals surface area contributed by atoms with Gasteiger partial charge >= 0.3 is 0 Å². The van der Waals surface area contributed by atoms with Crippen LogP contribution in [0.3, 0.4) is 0 Å². The van der Waals surface area contributed by atoms with Crippen LogP contribution in [-0.4, -0.2) is 29.7 Å². The fourth-order valence-corrected chi connectivity index (χ4v) is 4.51. The van der Waals surface area contributed by atoms with E-state index in [0.717, 1.165) is 42.5 Å². The van der Waals surface area contributed by atoms with E-state index in [1.165, 1.54) is 11.1 Å². The van der Waals surface area contributed by atoms with Crippen LogP contribution in [0.4, 0.5) is 11.5 Å². The molecule has 1 saturated heterocycles. The molecule has 0 bridgehead atoms. The number of hydrogen-bond acceptors (Lipinski definition) is 5. The molecule has 0 spiro atoms. The van der Waals surface area contributed by atoms with Crippen LogP contribution in [-0.2, 0) is 6.54 Å². The third-order valence-corrected chi connectivity index (χ3v) is 6.01. The van der Waals surface area contributed by atoms with Crippen LogP contribution in [0.15, 0.2) is 48.5 Å². The highest BCUT2D eigenvalue weighted by molar-refractivity contribution is 5.97. The predicted octanol–water partition coefficient (Wildman–Crippen LogP) is 5.38. The monoisotopic (exact) mass is 427 g/mol. The average molecular weight is 428 g/mol. The molecule has 166 valence electrons. The molecule has 3 aromatic rings. The number of aromatic nitrogens is 1. The Labute approximate surface area is 191 Å². The molecular formula is C27H33N5. The van der Waals surface area contributed by atoms with E-state index in [1.54, 1.807) is 0 Å². The van der Waals surface area contributed by atoms with Crippen molar-refractivity contribution in [2.24, 2.45) is 0 Å². The molecule has 32 heavy (non-hydrogen) atoms. The number of nitrogens with one attached hydrogen (secondary N) is 2. The van der Waals surface area contributed by atoms with Gasteiger partial charge in [-0.2, -0.15) is 5.26 Å². The summed E-state index contributed by atoms with van der Waals surface area (Å²) in [5.74, 6) is 0.664. The van der Waals surface area contributed by atoms with E-state index in [4.69, 9.17) is 4.98 Å². The van der Waals surface area contributed by atoms with E-state index in [9.17, 15) is 5.26 Å². The van der Waals surface area contributed by atoms with Gasteiger partial charge in [-0.05, 0) is 52.2 Å². The second-order valence-electron chi connectivity index (χ2n) is 9.81. The second kappa shape index (κ2) is 9.18. The summed E-state index contributed by atoms with van der Waals surface area (Å²) < 4.78 is 0. The molecule has 0 saturated carbocycles. The number of pyridine rings is 1. The molecule has 1 fully saturated rings. The van der Waals surface area contributed by atoms with Crippen LogP contribution in [0.1, 0.15) is 50.3 Å². The third-order valence-electron chi connectivity index (χ3n) is 6.01. The Morgan fingerprint density at radius 3 is 2.41 bits per heavy atom. The van der Waals surface area contributed by atoms with Crippen LogP contribution in [0, 0.1) is 18.3 Å². The van der Waals surface area contributed by atoms with Gasteiger partial charge in [0.1, 0.15) is 17.5 Å². The summed E-state index contributed by atoms with van der Waals surface area (Å²) in [6.07, 6.45) is 2.12. The Morgan fingerprint density at radius 2 is 1.75 bits per heavy atom. The van der Waals surface area contributed by atoms with Gasteiger partial charge in [0.25, 0.3) is 0 Å². The number of nitriles is 1. The van der Waals surface area contributed by atoms with E-state index in [1.807, 2.05) is 18.2 Å². The SMILES string of the molecule is Cc1ccc(CNc2nc3ccccc3c(N3CCC(NC(C)(C)C)CC3)c2C#N)cc1. The van der Waals surface area contributed by atoms with Gasteiger partial charge in [0.15, 0.2) is 0 Å². The van der Waals surface area contributed by atoms with Crippen molar-refractivity contribution in [3.8, 4) is 6.07 Å². The highest BCUT2D eigenvalue weighted by Gasteiger charge is 2.26. The molecule has 0 unspecified atom stereocenters. The van der Waals surface area contributed by atoms with Crippen molar-refractivity contribution in [1.82, 2.24) is 10.3 Å². The van der Waals surface area contributed by atoms with Crippen molar-refractivity contribution in [2.75, 3.05) is 23.3 Å². The number of anilines is 2. The molecule has 2 aromatic carbocycles. The zero-order valence-electron chi connectivity index (χ0n) is 19.6. The van der Waals surface area contributed by atoms with Crippen LogP contribution >= 0.6 is 0 Å². The van der Waals surface area contributed by atoms with E-state index < -0.39 is 0 Å². The van der Waals surface area contributed by atoms with Crippen LogP contribution in [0.2, 0.25) is 0 Å². The molecule has 0 amide bonds. The first-order chi connectivity index (χ1) is 15.3. The zero-order chi connectivity index (χ0) is 22.7. The molecule has 1 aliphatic rings. The third kappa shape index (κ3) is 5.03. The Kier molecular flexibility index (Phi) is 6.34. The number of fused-ring (bicyclic) bond motifs is 1. The summed E-state index contributed by atoms with van der Waals surface area (Å²) in [6, 6.07) is 19.6. The molecule has 1 aliphatic heterocycles. The largest absolute Gasteiger partial charge is 0.370 e. The Morgan fingerprint density at radius 1 is 1.06 bits per heavy atom. The van der Waals surface area contributed by atoms with Crippen molar-refractivity contribution < 1.29 is 0 Å². The van der Waals surface area contributed by atoms with Gasteiger partial charge in [0.2, 0.25) is 0 Å². The van der Waals surface area contributed by atoms with E-state index in [2.05, 4.69) is 79.6 Å². The molecule has 5 heteroatoms. The van der Waals surface area contributed by atoms with Gasteiger partial charge in [-0.1, -0.05) is 48.0 Å². The Balaban J connectivity index is 1.64. The second-order valence-corrected chi connectivity index (χ2v) is 9.81. The van der Waals surface area contributed by atoms with Gasteiger partial charge in [-0.15, -0.1) is 0 Å². The highest BCUT2D eigenvalue weighted by Crippen LogP contribution is 2.35. The van der Waals surface area contributed by atoms with Crippen LogP contribution < -0.4 is 15.5 Å². The first kappa shape index (κ1) is 22.1. The maximum atomic E-state index is 10.2. The molecule has 2 N–H and O–H groups in total. The summed E-state index contributed by atoms with van der Waals surface area (Å²) in [6.45, 7) is 11.2. The first-order valence-electron chi connectivity index (χ1n) is 11.5. The first-order valence-corrected chi connectivity index (χ1v) is 11.5. The zero-order valence-corrected chi connectivity index (χ0v) is 19.6. The lowest BCUT2D eigenvalue weighted by atomic mass is 9.98. The quantitative estimate of drug-likeness (QED) is 0.572. The standard InChI is InChI=1S/C27H33N5/c1-19-9-11-20(12-10-19)18-29-26-23(17-28)25(22-7-5-6-8-24(22)30-26)32-15-13-21(14-16-32)31-27(2,3)4/h5-12,21,31H,13-16,18H2,1-4H3,(H,29,30). The van der Waals surface area contributed by atoms with Crippen molar-refractivity contribution in [3.63, 3.8) is 0 Å². The molecule has 0 radical (unpaired) electrons. The highest BCUT2D eigenvalue weighted by atomic mass is 15.2.